The Morgan fingerprint density at radius 1 is 1.25 bits per heavy atom. The smallest absolute Gasteiger partial charge is 0.220 e. The van der Waals surface area contributed by atoms with Gasteiger partial charge in [0.25, 0.3) is 0 Å². The molecule has 16 heavy (non-hydrogen) atoms. The number of amides is 2. The number of hydrogen-bond acceptors (Lipinski definition) is 3. The van der Waals surface area contributed by atoms with E-state index in [1.54, 1.807) is 0 Å². The van der Waals surface area contributed by atoms with Crippen molar-refractivity contribution in [2.75, 3.05) is 19.6 Å². The molecule has 0 unspecified atom stereocenters. The zero-order chi connectivity index (χ0) is 12.2. The standard InChI is InChI=1S/C9H17N5O2/c1-8(15)11-6-7-12-9(16)4-2-3-5-13-14-10/h2-7H2,1H3,(H,11,15)(H,12,16). The molecule has 2 amide bonds. The molecule has 0 spiro atoms. The fraction of sp³-hybridized carbons (Fsp3) is 0.778. The molecule has 0 aliphatic carbocycles. The summed E-state index contributed by atoms with van der Waals surface area (Å²) in [6.45, 7) is 2.74. The van der Waals surface area contributed by atoms with Crippen LogP contribution in [-0.2, 0) is 9.59 Å². The van der Waals surface area contributed by atoms with Crippen molar-refractivity contribution in [1.29, 1.82) is 0 Å². The van der Waals surface area contributed by atoms with Crippen LogP contribution < -0.4 is 10.6 Å². The molecule has 0 aliphatic rings. The summed E-state index contributed by atoms with van der Waals surface area (Å²) in [5.41, 5.74) is 8.01. The predicted molar refractivity (Wildman–Crippen MR) is 59.6 cm³/mol. The first-order valence-electron chi connectivity index (χ1n) is 5.19. The van der Waals surface area contributed by atoms with E-state index in [2.05, 4.69) is 20.7 Å². The lowest BCUT2D eigenvalue weighted by Gasteiger charge is -2.04. The van der Waals surface area contributed by atoms with Gasteiger partial charge < -0.3 is 10.6 Å². The van der Waals surface area contributed by atoms with E-state index < -0.39 is 0 Å². The minimum absolute atomic E-state index is 0.0497. The molecule has 0 aliphatic heterocycles. The number of carbonyl (C=O) groups is 2. The van der Waals surface area contributed by atoms with Crippen LogP contribution in [0.25, 0.3) is 10.4 Å². The second-order valence-corrected chi connectivity index (χ2v) is 3.24. The second kappa shape index (κ2) is 9.79. The minimum atomic E-state index is -0.108. The fourth-order valence-corrected chi connectivity index (χ4v) is 1.04. The Balaban J connectivity index is 3.31. The highest BCUT2D eigenvalue weighted by atomic mass is 16.2. The van der Waals surface area contributed by atoms with E-state index >= 15 is 0 Å². The van der Waals surface area contributed by atoms with E-state index in [0.29, 0.717) is 38.9 Å². The summed E-state index contributed by atoms with van der Waals surface area (Å²) in [5.74, 6) is -0.157. The lowest BCUT2D eigenvalue weighted by Crippen LogP contribution is -2.33. The largest absolute Gasteiger partial charge is 0.355 e. The molecule has 0 rings (SSSR count). The normalized spacial score (nSPS) is 9.06. The highest BCUT2D eigenvalue weighted by Crippen LogP contribution is 1.95. The number of unbranched alkanes of at least 4 members (excludes halogenated alkanes) is 1. The average molecular weight is 227 g/mol. The van der Waals surface area contributed by atoms with Gasteiger partial charge in [-0.05, 0) is 18.4 Å². The number of nitrogens with one attached hydrogen (secondary N) is 2. The van der Waals surface area contributed by atoms with Crippen LogP contribution in [0, 0.1) is 0 Å². The van der Waals surface area contributed by atoms with Crippen LogP contribution in [0.5, 0.6) is 0 Å². The van der Waals surface area contributed by atoms with Gasteiger partial charge in [0.2, 0.25) is 11.8 Å². The molecule has 0 radical (unpaired) electrons. The molecule has 0 saturated carbocycles. The van der Waals surface area contributed by atoms with Gasteiger partial charge in [-0.25, -0.2) is 0 Å². The number of azide groups is 1. The maximum absolute atomic E-state index is 11.2. The summed E-state index contributed by atoms with van der Waals surface area (Å²) in [4.78, 5) is 24.3. The van der Waals surface area contributed by atoms with Crippen molar-refractivity contribution in [2.24, 2.45) is 5.11 Å². The number of nitrogens with zero attached hydrogens (tertiary/aromatic N) is 3. The Morgan fingerprint density at radius 3 is 2.56 bits per heavy atom. The van der Waals surface area contributed by atoms with Gasteiger partial charge in [0.15, 0.2) is 0 Å². The zero-order valence-electron chi connectivity index (χ0n) is 9.40. The van der Waals surface area contributed by atoms with E-state index in [0.717, 1.165) is 0 Å². The van der Waals surface area contributed by atoms with E-state index in [9.17, 15) is 9.59 Å². The Bertz CT molecular complexity index is 261. The molecular weight excluding hydrogens is 210 g/mol. The maximum atomic E-state index is 11.2. The zero-order valence-corrected chi connectivity index (χ0v) is 9.40. The molecule has 0 heterocycles. The Morgan fingerprint density at radius 2 is 1.94 bits per heavy atom. The lowest BCUT2D eigenvalue weighted by atomic mass is 10.2. The SMILES string of the molecule is CC(=O)NCCNC(=O)CCCCN=[N+]=[N-]. The van der Waals surface area contributed by atoms with Crippen LogP contribution in [0.2, 0.25) is 0 Å². The minimum Gasteiger partial charge on any atom is -0.355 e. The molecule has 0 atom stereocenters. The Labute approximate surface area is 94.2 Å². The van der Waals surface area contributed by atoms with Gasteiger partial charge in [0, 0.05) is 37.9 Å². The molecule has 0 saturated heterocycles. The summed E-state index contributed by atoms with van der Waals surface area (Å²) in [7, 11) is 0. The Kier molecular flexibility index (Phi) is 8.72. The van der Waals surface area contributed by atoms with Crippen molar-refractivity contribution in [3.8, 4) is 0 Å². The van der Waals surface area contributed by atoms with Crippen molar-refractivity contribution < 1.29 is 9.59 Å². The van der Waals surface area contributed by atoms with Crippen molar-refractivity contribution in [3.63, 3.8) is 0 Å². The number of rotatable bonds is 8. The first kappa shape index (κ1) is 14.2. The van der Waals surface area contributed by atoms with E-state index in [4.69, 9.17) is 5.53 Å². The third-order valence-electron chi connectivity index (χ3n) is 1.80. The van der Waals surface area contributed by atoms with E-state index in [-0.39, 0.29) is 11.8 Å². The summed E-state index contributed by atoms with van der Waals surface area (Å²) >= 11 is 0. The molecular formula is C9H17N5O2. The monoisotopic (exact) mass is 227 g/mol. The first-order valence-corrected chi connectivity index (χ1v) is 5.19. The molecule has 0 aromatic carbocycles. The van der Waals surface area contributed by atoms with Gasteiger partial charge in [0.1, 0.15) is 0 Å². The molecule has 0 bridgehead atoms. The fourth-order valence-electron chi connectivity index (χ4n) is 1.04. The molecule has 7 heteroatoms. The second-order valence-electron chi connectivity index (χ2n) is 3.24. The van der Waals surface area contributed by atoms with Gasteiger partial charge in [-0.2, -0.15) is 0 Å². The first-order chi connectivity index (χ1) is 7.66. The quantitative estimate of drug-likeness (QED) is 0.276. The van der Waals surface area contributed by atoms with Gasteiger partial charge >= 0.3 is 0 Å². The van der Waals surface area contributed by atoms with Crippen LogP contribution in [0.15, 0.2) is 5.11 Å². The van der Waals surface area contributed by atoms with Crippen LogP contribution in [0.4, 0.5) is 0 Å². The highest BCUT2D eigenvalue weighted by Gasteiger charge is 1.99. The molecule has 7 nitrogen and oxygen atoms in total. The Hall–Kier alpha value is -1.75. The average Bonchev–Trinajstić information content (AvgIpc) is 2.24. The number of hydrogen-bond donors (Lipinski definition) is 2. The topological polar surface area (TPSA) is 107 Å². The summed E-state index contributed by atoms with van der Waals surface area (Å²) in [6, 6.07) is 0. The maximum Gasteiger partial charge on any atom is 0.220 e. The van der Waals surface area contributed by atoms with Crippen LogP contribution >= 0.6 is 0 Å². The van der Waals surface area contributed by atoms with Gasteiger partial charge in [-0.1, -0.05) is 5.11 Å². The van der Waals surface area contributed by atoms with E-state index in [1.165, 1.54) is 6.92 Å². The summed E-state index contributed by atoms with van der Waals surface area (Å²) in [5, 5.41) is 8.61. The van der Waals surface area contributed by atoms with Crippen LogP contribution in [-0.4, -0.2) is 31.4 Å². The van der Waals surface area contributed by atoms with Gasteiger partial charge in [-0.15, -0.1) is 0 Å². The molecule has 0 aromatic rings. The highest BCUT2D eigenvalue weighted by molar-refractivity contribution is 5.76. The number of carbonyl (C=O) groups excluding carboxylic acids is 2. The van der Waals surface area contributed by atoms with Crippen LogP contribution in [0.3, 0.4) is 0 Å². The molecule has 0 fully saturated rings. The summed E-state index contributed by atoms with van der Waals surface area (Å²) in [6.07, 6.45) is 1.83. The van der Waals surface area contributed by atoms with Crippen LogP contribution in [0.1, 0.15) is 26.2 Å². The molecule has 2 N–H and O–H groups in total. The third-order valence-corrected chi connectivity index (χ3v) is 1.80. The lowest BCUT2D eigenvalue weighted by molar-refractivity contribution is -0.122. The molecule has 90 valence electrons. The van der Waals surface area contributed by atoms with Gasteiger partial charge in [-0.3, -0.25) is 9.59 Å². The van der Waals surface area contributed by atoms with Crippen molar-refractivity contribution >= 4 is 11.8 Å². The summed E-state index contributed by atoms with van der Waals surface area (Å²) < 4.78 is 0. The van der Waals surface area contributed by atoms with Crippen molar-refractivity contribution in [1.82, 2.24) is 10.6 Å². The molecule has 0 aromatic heterocycles. The van der Waals surface area contributed by atoms with Gasteiger partial charge in [0.05, 0.1) is 0 Å². The predicted octanol–water partition coefficient (Wildman–Crippen LogP) is 0.719. The van der Waals surface area contributed by atoms with Crippen molar-refractivity contribution in [3.05, 3.63) is 10.4 Å². The van der Waals surface area contributed by atoms with Crippen molar-refractivity contribution in [2.45, 2.75) is 26.2 Å². The van der Waals surface area contributed by atoms with E-state index in [1.807, 2.05) is 0 Å². The third kappa shape index (κ3) is 10.3.